The molecular weight excluding hydrogens is 234 g/mol. The van der Waals surface area contributed by atoms with Crippen LogP contribution in [0.2, 0.25) is 0 Å². The highest BCUT2D eigenvalue weighted by molar-refractivity contribution is 5.92. The number of pyridine rings is 2. The smallest absolute Gasteiger partial charge is 0.268 e. The van der Waals surface area contributed by atoms with Gasteiger partial charge in [0, 0.05) is 18.0 Å². The second kappa shape index (κ2) is 4.33. The summed E-state index contributed by atoms with van der Waals surface area (Å²) in [5, 5.41) is 0. The Morgan fingerprint density at radius 2 is 2.00 bits per heavy atom. The van der Waals surface area contributed by atoms with Gasteiger partial charge in [0.2, 0.25) is 5.56 Å². The van der Waals surface area contributed by atoms with Crippen LogP contribution in [0.1, 0.15) is 16.1 Å². The molecule has 0 aliphatic heterocycles. The third-order valence-electron chi connectivity index (χ3n) is 2.56. The van der Waals surface area contributed by atoms with E-state index in [4.69, 9.17) is 5.73 Å². The summed E-state index contributed by atoms with van der Waals surface area (Å²) in [7, 11) is 0. The van der Waals surface area contributed by atoms with Gasteiger partial charge in [-0.3, -0.25) is 19.0 Å². The summed E-state index contributed by atoms with van der Waals surface area (Å²) in [5.41, 5.74) is 5.15. The molecule has 0 unspecified atom stereocenters. The van der Waals surface area contributed by atoms with Gasteiger partial charge in [-0.15, -0.1) is 0 Å². The first kappa shape index (κ1) is 11.8. The minimum Gasteiger partial charge on any atom is -0.365 e. The number of nitrogens with two attached hydrogens (primary N) is 1. The second-order valence-electron chi connectivity index (χ2n) is 3.80. The average Bonchev–Trinajstić information content (AvgIpc) is 2.28. The standard InChI is InChI=1S/C12H11N3O3/c1-7-2-3-9(11(13)17)12(18)15(7)8-4-5-14-10(16)6-8/h2-6H,1H3,(H2,13,17)(H,14,16). The van der Waals surface area contributed by atoms with Gasteiger partial charge in [0.1, 0.15) is 5.56 Å². The normalized spacial score (nSPS) is 10.3. The third kappa shape index (κ3) is 1.95. The van der Waals surface area contributed by atoms with E-state index in [2.05, 4.69) is 4.98 Å². The number of aromatic amines is 1. The fourth-order valence-corrected chi connectivity index (χ4v) is 1.71. The lowest BCUT2D eigenvalue weighted by Gasteiger charge is -2.10. The summed E-state index contributed by atoms with van der Waals surface area (Å²) >= 11 is 0. The van der Waals surface area contributed by atoms with Gasteiger partial charge >= 0.3 is 0 Å². The van der Waals surface area contributed by atoms with Gasteiger partial charge in [0.05, 0.1) is 5.69 Å². The van der Waals surface area contributed by atoms with E-state index in [9.17, 15) is 14.4 Å². The SMILES string of the molecule is Cc1ccc(C(N)=O)c(=O)n1-c1cc[nH]c(=O)c1. The molecule has 1 amide bonds. The largest absolute Gasteiger partial charge is 0.365 e. The van der Waals surface area contributed by atoms with Gasteiger partial charge in [-0.1, -0.05) is 0 Å². The number of amides is 1. The minimum atomic E-state index is -0.793. The molecule has 0 aliphatic rings. The lowest BCUT2D eigenvalue weighted by atomic mass is 10.2. The molecule has 2 aromatic rings. The van der Waals surface area contributed by atoms with Gasteiger partial charge in [-0.05, 0) is 25.1 Å². The van der Waals surface area contributed by atoms with Crippen LogP contribution >= 0.6 is 0 Å². The van der Waals surface area contributed by atoms with Crippen molar-refractivity contribution in [3.8, 4) is 5.69 Å². The van der Waals surface area contributed by atoms with Gasteiger partial charge in [0.15, 0.2) is 0 Å². The van der Waals surface area contributed by atoms with Crippen molar-refractivity contribution in [1.29, 1.82) is 0 Å². The summed E-state index contributed by atoms with van der Waals surface area (Å²) in [6, 6.07) is 5.83. The molecule has 92 valence electrons. The van der Waals surface area contributed by atoms with Crippen molar-refractivity contribution >= 4 is 5.91 Å². The Labute approximate surface area is 102 Å². The van der Waals surface area contributed by atoms with Gasteiger partial charge < -0.3 is 10.7 Å². The number of H-pyrrole nitrogens is 1. The maximum atomic E-state index is 12.1. The maximum Gasteiger partial charge on any atom is 0.268 e. The molecule has 0 saturated heterocycles. The van der Waals surface area contributed by atoms with Crippen molar-refractivity contribution in [3.05, 3.63) is 62.4 Å². The summed E-state index contributed by atoms with van der Waals surface area (Å²) in [6.45, 7) is 1.70. The molecule has 0 atom stereocenters. The Kier molecular flexibility index (Phi) is 2.85. The molecule has 18 heavy (non-hydrogen) atoms. The third-order valence-corrected chi connectivity index (χ3v) is 2.56. The Bertz CT molecular complexity index is 728. The van der Waals surface area contributed by atoms with E-state index in [0.29, 0.717) is 11.4 Å². The number of hydrogen-bond acceptors (Lipinski definition) is 3. The Balaban J connectivity index is 2.79. The van der Waals surface area contributed by atoms with Crippen molar-refractivity contribution in [3.63, 3.8) is 0 Å². The first-order valence-corrected chi connectivity index (χ1v) is 5.22. The van der Waals surface area contributed by atoms with Crippen LogP contribution in [0.15, 0.2) is 40.1 Å². The number of aromatic nitrogens is 2. The number of nitrogens with zero attached hydrogens (tertiary/aromatic N) is 1. The predicted molar refractivity (Wildman–Crippen MR) is 65.9 cm³/mol. The highest BCUT2D eigenvalue weighted by atomic mass is 16.2. The molecule has 6 nitrogen and oxygen atoms in total. The molecule has 0 bridgehead atoms. The Morgan fingerprint density at radius 1 is 1.28 bits per heavy atom. The van der Waals surface area contributed by atoms with Crippen molar-refractivity contribution in [2.24, 2.45) is 5.73 Å². The van der Waals surface area contributed by atoms with E-state index in [-0.39, 0.29) is 11.1 Å². The molecule has 2 rings (SSSR count). The number of aryl methyl sites for hydroxylation is 1. The van der Waals surface area contributed by atoms with E-state index < -0.39 is 11.5 Å². The lowest BCUT2D eigenvalue weighted by Crippen LogP contribution is -2.30. The monoisotopic (exact) mass is 245 g/mol. The summed E-state index contributed by atoms with van der Waals surface area (Å²) < 4.78 is 1.27. The highest BCUT2D eigenvalue weighted by Crippen LogP contribution is 2.06. The molecule has 0 fully saturated rings. The van der Waals surface area contributed by atoms with E-state index in [1.54, 1.807) is 19.1 Å². The van der Waals surface area contributed by atoms with Crippen LogP contribution in [0.5, 0.6) is 0 Å². The number of nitrogens with one attached hydrogen (secondary N) is 1. The number of hydrogen-bond donors (Lipinski definition) is 2. The molecule has 0 spiro atoms. The zero-order chi connectivity index (χ0) is 13.3. The van der Waals surface area contributed by atoms with E-state index in [0.717, 1.165) is 0 Å². The molecule has 0 saturated carbocycles. The summed E-state index contributed by atoms with van der Waals surface area (Å²) in [6.07, 6.45) is 1.43. The van der Waals surface area contributed by atoms with Gasteiger partial charge in [-0.2, -0.15) is 0 Å². The molecule has 0 aliphatic carbocycles. The number of rotatable bonds is 2. The lowest BCUT2D eigenvalue weighted by molar-refractivity contribution is 0.0998. The van der Waals surface area contributed by atoms with Crippen LogP contribution in [-0.4, -0.2) is 15.5 Å². The van der Waals surface area contributed by atoms with Crippen molar-refractivity contribution in [1.82, 2.24) is 9.55 Å². The minimum absolute atomic E-state index is 0.110. The predicted octanol–water partition coefficient (Wildman–Crippen LogP) is -0.0669. The van der Waals surface area contributed by atoms with Gasteiger partial charge in [-0.25, -0.2) is 0 Å². The Hall–Kier alpha value is -2.63. The fraction of sp³-hybridized carbons (Fsp3) is 0.0833. The van der Waals surface area contributed by atoms with E-state index in [1.165, 1.54) is 22.9 Å². The number of carbonyl (C=O) groups excluding carboxylic acids is 1. The highest BCUT2D eigenvalue weighted by Gasteiger charge is 2.12. The van der Waals surface area contributed by atoms with Crippen molar-refractivity contribution < 1.29 is 4.79 Å². The topological polar surface area (TPSA) is 97.9 Å². The summed E-state index contributed by atoms with van der Waals surface area (Å²) in [5.74, 6) is -0.793. The van der Waals surface area contributed by atoms with Crippen LogP contribution < -0.4 is 16.9 Å². The van der Waals surface area contributed by atoms with Crippen LogP contribution in [-0.2, 0) is 0 Å². The zero-order valence-electron chi connectivity index (χ0n) is 9.64. The van der Waals surface area contributed by atoms with Crippen LogP contribution in [0, 0.1) is 6.92 Å². The second-order valence-corrected chi connectivity index (χ2v) is 3.80. The molecule has 2 heterocycles. The first-order valence-electron chi connectivity index (χ1n) is 5.22. The molecule has 2 aromatic heterocycles. The van der Waals surface area contributed by atoms with Crippen molar-refractivity contribution in [2.45, 2.75) is 6.92 Å². The molecular formula is C12H11N3O3. The van der Waals surface area contributed by atoms with Gasteiger partial charge in [0.25, 0.3) is 11.5 Å². The average molecular weight is 245 g/mol. The van der Waals surface area contributed by atoms with E-state index in [1.807, 2.05) is 0 Å². The Morgan fingerprint density at radius 3 is 2.61 bits per heavy atom. The summed E-state index contributed by atoms with van der Waals surface area (Å²) in [4.78, 5) is 36.9. The first-order chi connectivity index (χ1) is 8.50. The fourth-order valence-electron chi connectivity index (χ4n) is 1.71. The van der Waals surface area contributed by atoms with E-state index >= 15 is 0 Å². The zero-order valence-corrected chi connectivity index (χ0v) is 9.64. The number of primary amides is 1. The maximum absolute atomic E-state index is 12.1. The molecule has 6 heteroatoms. The molecule has 0 aromatic carbocycles. The van der Waals surface area contributed by atoms with Crippen LogP contribution in [0.4, 0.5) is 0 Å². The number of carbonyl (C=O) groups is 1. The molecule has 3 N–H and O–H groups in total. The van der Waals surface area contributed by atoms with Crippen molar-refractivity contribution in [2.75, 3.05) is 0 Å². The molecule has 0 radical (unpaired) electrons. The van der Waals surface area contributed by atoms with Crippen LogP contribution in [0.3, 0.4) is 0 Å². The van der Waals surface area contributed by atoms with Crippen LogP contribution in [0.25, 0.3) is 5.69 Å². The quantitative estimate of drug-likeness (QED) is 0.775.